The third-order valence-corrected chi connectivity index (χ3v) is 6.41. The number of methoxy groups -OCH3 is 1. The van der Waals surface area contributed by atoms with Crippen LogP contribution in [0.25, 0.3) is 0 Å². The number of hydrogen-bond donors (Lipinski definition) is 0. The minimum Gasteiger partial charge on any atom is -0.497 e. The number of likely N-dealkylation sites (tertiary alicyclic amines) is 2. The van der Waals surface area contributed by atoms with E-state index in [2.05, 4.69) is 58.2 Å². The van der Waals surface area contributed by atoms with Crippen molar-refractivity contribution in [2.24, 2.45) is 5.41 Å². The fourth-order valence-electron chi connectivity index (χ4n) is 5.06. The minimum atomic E-state index is 0.464. The first-order valence-corrected chi connectivity index (χ1v) is 10.1. The van der Waals surface area contributed by atoms with E-state index >= 15 is 0 Å². The topological polar surface area (TPSA) is 28.6 Å². The lowest BCUT2D eigenvalue weighted by molar-refractivity contribution is 0.0215. The molecular weight excluding hydrogens is 334 g/mol. The van der Waals surface area contributed by atoms with E-state index in [1.807, 2.05) is 12.3 Å². The van der Waals surface area contributed by atoms with Crippen molar-refractivity contribution < 1.29 is 4.74 Å². The van der Waals surface area contributed by atoms with Crippen molar-refractivity contribution in [1.82, 2.24) is 14.8 Å². The van der Waals surface area contributed by atoms with Gasteiger partial charge in [-0.3, -0.25) is 9.88 Å². The Balaban J connectivity index is 1.39. The highest BCUT2D eigenvalue weighted by Crippen LogP contribution is 2.44. The molecule has 0 bridgehead atoms. The summed E-state index contributed by atoms with van der Waals surface area (Å²) < 4.78 is 5.34. The van der Waals surface area contributed by atoms with Gasteiger partial charge in [0.25, 0.3) is 0 Å². The summed E-state index contributed by atoms with van der Waals surface area (Å²) in [6.45, 7) is 5.67. The molecule has 1 atom stereocenters. The minimum absolute atomic E-state index is 0.464. The Hall–Kier alpha value is -1.91. The van der Waals surface area contributed by atoms with Crippen molar-refractivity contribution in [3.63, 3.8) is 0 Å². The van der Waals surface area contributed by atoms with Gasteiger partial charge in [-0.2, -0.15) is 0 Å². The molecule has 2 aliphatic rings. The van der Waals surface area contributed by atoms with Crippen molar-refractivity contribution >= 4 is 0 Å². The largest absolute Gasteiger partial charge is 0.497 e. The van der Waals surface area contributed by atoms with Gasteiger partial charge in [0.15, 0.2) is 0 Å². The lowest BCUT2D eigenvalue weighted by atomic mass is 9.68. The van der Waals surface area contributed by atoms with Crippen molar-refractivity contribution in [2.75, 3.05) is 40.3 Å². The molecule has 4 nitrogen and oxygen atoms in total. The zero-order valence-electron chi connectivity index (χ0n) is 16.6. The maximum atomic E-state index is 5.34. The Morgan fingerprint density at radius 1 is 1.15 bits per heavy atom. The summed E-state index contributed by atoms with van der Waals surface area (Å²) >= 11 is 0. The molecule has 1 spiro atoms. The Morgan fingerprint density at radius 2 is 1.93 bits per heavy atom. The summed E-state index contributed by atoms with van der Waals surface area (Å²) in [5, 5.41) is 0. The van der Waals surface area contributed by atoms with Crippen molar-refractivity contribution in [2.45, 2.75) is 31.7 Å². The van der Waals surface area contributed by atoms with E-state index in [1.54, 1.807) is 7.11 Å². The normalized spacial score (nSPS) is 23.4. The summed E-state index contributed by atoms with van der Waals surface area (Å²) in [5.41, 5.74) is 3.07. The molecular formula is C23H31N3O. The van der Waals surface area contributed by atoms with Gasteiger partial charge in [0.1, 0.15) is 5.75 Å². The van der Waals surface area contributed by atoms with Crippen LogP contribution in [0.3, 0.4) is 0 Å². The monoisotopic (exact) mass is 365 g/mol. The molecule has 4 rings (SSSR count). The van der Waals surface area contributed by atoms with E-state index in [4.69, 9.17) is 4.74 Å². The number of piperidine rings is 2. The Labute approximate surface area is 163 Å². The maximum absolute atomic E-state index is 5.34. The van der Waals surface area contributed by atoms with Gasteiger partial charge in [-0.25, -0.2) is 0 Å². The van der Waals surface area contributed by atoms with Gasteiger partial charge in [-0.1, -0.05) is 30.3 Å². The summed E-state index contributed by atoms with van der Waals surface area (Å²) in [5.74, 6) is 1.56. The van der Waals surface area contributed by atoms with E-state index in [-0.39, 0.29) is 0 Å². The summed E-state index contributed by atoms with van der Waals surface area (Å²) in [6, 6.07) is 15.1. The fraction of sp³-hybridized carbons (Fsp3) is 0.522. The number of benzene rings is 1. The summed E-state index contributed by atoms with van der Waals surface area (Å²) in [4.78, 5) is 9.63. The second kappa shape index (κ2) is 7.99. The van der Waals surface area contributed by atoms with E-state index in [1.165, 1.54) is 37.9 Å². The first-order valence-electron chi connectivity index (χ1n) is 10.1. The van der Waals surface area contributed by atoms with Crippen LogP contribution >= 0.6 is 0 Å². The van der Waals surface area contributed by atoms with Crippen LogP contribution in [0.4, 0.5) is 0 Å². The van der Waals surface area contributed by atoms with Crippen LogP contribution in [0.5, 0.6) is 5.75 Å². The third-order valence-electron chi connectivity index (χ3n) is 6.41. The number of rotatable bonds is 4. The van der Waals surface area contributed by atoms with Crippen molar-refractivity contribution in [1.29, 1.82) is 0 Å². The Kier molecular flexibility index (Phi) is 5.46. The number of nitrogens with zero attached hydrogens (tertiary/aromatic N) is 3. The predicted octanol–water partition coefficient (Wildman–Crippen LogP) is 3.79. The van der Waals surface area contributed by atoms with Crippen LogP contribution in [0.1, 0.15) is 36.4 Å². The highest BCUT2D eigenvalue weighted by Gasteiger charge is 2.41. The molecule has 144 valence electrons. The molecule has 2 fully saturated rings. The van der Waals surface area contributed by atoms with E-state index in [0.29, 0.717) is 11.3 Å². The van der Waals surface area contributed by atoms with E-state index < -0.39 is 0 Å². The average Bonchev–Trinajstić information content (AvgIpc) is 2.70. The number of hydrogen-bond acceptors (Lipinski definition) is 4. The van der Waals surface area contributed by atoms with Gasteiger partial charge < -0.3 is 9.64 Å². The first-order chi connectivity index (χ1) is 13.2. The molecule has 27 heavy (non-hydrogen) atoms. The highest BCUT2D eigenvalue weighted by molar-refractivity contribution is 5.23. The van der Waals surface area contributed by atoms with Gasteiger partial charge in [0.05, 0.1) is 12.8 Å². The van der Waals surface area contributed by atoms with Crippen molar-refractivity contribution in [3.05, 3.63) is 59.9 Å². The van der Waals surface area contributed by atoms with Crippen LogP contribution in [-0.4, -0.2) is 55.1 Å². The van der Waals surface area contributed by atoms with Crippen molar-refractivity contribution in [3.8, 4) is 5.75 Å². The Bertz CT molecular complexity index is 740. The molecule has 0 amide bonds. The molecule has 0 unspecified atom stereocenters. The molecule has 0 N–H and O–H groups in total. The van der Waals surface area contributed by atoms with Crippen LogP contribution < -0.4 is 4.74 Å². The summed E-state index contributed by atoms with van der Waals surface area (Å²) in [7, 11) is 4.01. The number of aromatic nitrogens is 1. The third kappa shape index (κ3) is 4.33. The molecule has 1 aromatic carbocycles. The second-order valence-electron chi connectivity index (χ2n) is 8.47. The van der Waals surface area contributed by atoms with Crippen LogP contribution in [0.2, 0.25) is 0 Å². The molecule has 2 saturated heterocycles. The number of ether oxygens (including phenoxy) is 1. The lowest BCUT2D eigenvalue weighted by Gasteiger charge is -2.49. The Morgan fingerprint density at radius 3 is 2.67 bits per heavy atom. The van der Waals surface area contributed by atoms with Gasteiger partial charge in [0.2, 0.25) is 0 Å². The highest BCUT2D eigenvalue weighted by atomic mass is 16.5. The van der Waals surface area contributed by atoms with Gasteiger partial charge >= 0.3 is 0 Å². The quantitative estimate of drug-likeness (QED) is 0.824. The number of pyridine rings is 1. The van der Waals surface area contributed by atoms with Gasteiger partial charge in [-0.05, 0) is 62.4 Å². The molecule has 4 heteroatoms. The van der Waals surface area contributed by atoms with Gasteiger partial charge in [0, 0.05) is 31.9 Å². The molecule has 0 saturated carbocycles. The van der Waals surface area contributed by atoms with E-state index in [9.17, 15) is 0 Å². The molecule has 1 aromatic heterocycles. The second-order valence-corrected chi connectivity index (χ2v) is 8.47. The first kappa shape index (κ1) is 18.5. The zero-order chi connectivity index (χ0) is 18.7. The number of likely N-dealkylation sites (N-methyl/N-ethyl adjacent to an activating group) is 1. The van der Waals surface area contributed by atoms with Crippen LogP contribution in [-0.2, 0) is 6.54 Å². The maximum Gasteiger partial charge on any atom is 0.122 e. The standard InChI is InChI=1S/C23H31N3O/c1-25-16-20(19-6-4-3-5-7-19)15-23(18-25)9-12-26(13-10-23)17-21-14-22(27-2)8-11-24-21/h3-8,11,14,20H,9-10,12-13,15-18H2,1-2H3/t20-/m0/s1. The van der Waals surface area contributed by atoms with Crippen LogP contribution in [0, 0.1) is 5.41 Å². The van der Waals surface area contributed by atoms with Crippen LogP contribution in [0.15, 0.2) is 48.7 Å². The zero-order valence-corrected chi connectivity index (χ0v) is 16.6. The smallest absolute Gasteiger partial charge is 0.122 e. The van der Waals surface area contributed by atoms with Gasteiger partial charge in [-0.15, -0.1) is 0 Å². The molecule has 3 heterocycles. The van der Waals surface area contributed by atoms with E-state index in [0.717, 1.165) is 31.1 Å². The molecule has 2 aliphatic heterocycles. The SMILES string of the molecule is COc1ccnc(CN2CCC3(CC2)C[C@H](c2ccccc2)CN(C)C3)c1. The fourth-order valence-corrected chi connectivity index (χ4v) is 5.06. The molecule has 0 radical (unpaired) electrons. The lowest BCUT2D eigenvalue weighted by Crippen LogP contribution is -2.50. The summed E-state index contributed by atoms with van der Waals surface area (Å²) in [6.07, 6.45) is 5.74. The molecule has 0 aliphatic carbocycles. The molecule has 2 aromatic rings. The average molecular weight is 366 g/mol. The predicted molar refractivity (Wildman–Crippen MR) is 109 cm³/mol.